The van der Waals surface area contributed by atoms with Crippen LogP contribution in [0.25, 0.3) is 6.08 Å². The van der Waals surface area contributed by atoms with Crippen molar-refractivity contribution >= 4 is 22.4 Å². The number of hydrogen-bond acceptors (Lipinski definition) is 4. The molecule has 1 heterocycles. The van der Waals surface area contributed by atoms with Crippen LogP contribution in [0.4, 0.5) is 5.00 Å². The lowest BCUT2D eigenvalue weighted by Gasteiger charge is -2.13. The van der Waals surface area contributed by atoms with Crippen LogP contribution in [0.15, 0.2) is 17.7 Å². The molecule has 0 saturated heterocycles. The highest BCUT2D eigenvalue weighted by Gasteiger charge is 2.10. The van der Waals surface area contributed by atoms with Gasteiger partial charge in [0, 0.05) is 17.5 Å². The van der Waals surface area contributed by atoms with Crippen LogP contribution in [0.5, 0.6) is 0 Å². The summed E-state index contributed by atoms with van der Waals surface area (Å²) in [5.41, 5.74) is 1.28. The fraction of sp³-hybridized carbons (Fsp3) is 0.571. The van der Waals surface area contributed by atoms with Gasteiger partial charge in [0.25, 0.3) is 0 Å². The zero-order chi connectivity index (χ0) is 14.4. The number of thiophene rings is 1. The minimum atomic E-state index is -0.339. The molecule has 0 spiro atoms. The molecule has 1 N–H and O–H groups in total. The lowest BCUT2D eigenvalue weighted by atomic mass is 10.0. The molecule has 0 atom stereocenters. The summed E-state index contributed by atoms with van der Waals surface area (Å²) in [6, 6.07) is 3.38. The molecule has 1 aromatic heterocycles. The molecule has 106 valence electrons. The summed E-state index contributed by atoms with van der Waals surface area (Å²) >= 11 is 1.22. The van der Waals surface area contributed by atoms with Crippen LogP contribution in [-0.2, 0) is 0 Å². The molecule has 0 aromatic carbocycles. The van der Waals surface area contributed by atoms with Gasteiger partial charge in [0.15, 0.2) is 0 Å². The van der Waals surface area contributed by atoms with Crippen molar-refractivity contribution in [1.29, 1.82) is 0 Å². The van der Waals surface area contributed by atoms with Crippen LogP contribution >= 0.6 is 11.3 Å². The molecular weight excluding hydrogens is 260 g/mol. The SMILES string of the molecule is CC(C)CNC/C(=C/c1ccc([N+](=O)[O-])s1)C(C)C. The van der Waals surface area contributed by atoms with Crippen molar-refractivity contribution < 1.29 is 4.92 Å². The second kappa shape index (κ2) is 7.40. The van der Waals surface area contributed by atoms with Crippen LogP contribution in [0.2, 0.25) is 0 Å². The summed E-state index contributed by atoms with van der Waals surface area (Å²) in [7, 11) is 0. The van der Waals surface area contributed by atoms with E-state index < -0.39 is 0 Å². The van der Waals surface area contributed by atoms with Crippen molar-refractivity contribution in [2.75, 3.05) is 13.1 Å². The van der Waals surface area contributed by atoms with Crippen molar-refractivity contribution in [3.8, 4) is 0 Å². The van der Waals surface area contributed by atoms with Crippen molar-refractivity contribution in [2.24, 2.45) is 11.8 Å². The summed E-state index contributed by atoms with van der Waals surface area (Å²) < 4.78 is 0. The minimum Gasteiger partial charge on any atom is -0.313 e. The largest absolute Gasteiger partial charge is 0.324 e. The fourth-order valence-electron chi connectivity index (χ4n) is 1.63. The Bertz CT molecular complexity index is 450. The predicted molar refractivity (Wildman–Crippen MR) is 81.5 cm³/mol. The van der Waals surface area contributed by atoms with Gasteiger partial charge >= 0.3 is 5.00 Å². The average molecular weight is 282 g/mol. The van der Waals surface area contributed by atoms with Gasteiger partial charge < -0.3 is 5.32 Å². The van der Waals surface area contributed by atoms with E-state index in [1.54, 1.807) is 6.07 Å². The number of hydrogen-bond donors (Lipinski definition) is 1. The van der Waals surface area contributed by atoms with E-state index >= 15 is 0 Å². The van der Waals surface area contributed by atoms with Gasteiger partial charge in [0.1, 0.15) is 0 Å². The first kappa shape index (κ1) is 15.9. The molecule has 19 heavy (non-hydrogen) atoms. The summed E-state index contributed by atoms with van der Waals surface area (Å²) in [4.78, 5) is 11.3. The third-order valence-electron chi connectivity index (χ3n) is 2.74. The van der Waals surface area contributed by atoms with Gasteiger partial charge in [0.05, 0.1) is 4.92 Å². The van der Waals surface area contributed by atoms with Gasteiger partial charge in [-0.25, -0.2) is 0 Å². The molecule has 0 aliphatic rings. The standard InChI is InChI=1S/C14H22N2O2S/c1-10(2)8-15-9-12(11(3)4)7-13-5-6-14(19-13)16(17)18/h5-7,10-11,15H,8-9H2,1-4H3/b12-7-. The number of nitrogens with one attached hydrogen (secondary N) is 1. The molecule has 0 radical (unpaired) electrons. The van der Waals surface area contributed by atoms with Gasteiger partial charge in [-0.3, -0.25) is 10.1 Å². The van der Waals surface area contributed by atoms with E-state index in [1.165, 1.54) is 16.9 Å². The van der Waals surface area contributed by atoms with E-state index in [1.807, 2.05) is 6.07 Å². The second-order valence-corrected chi connectivity index (χ2v) is 6.43. The zero-order valence-electron chi connectivity index (χ0n) is 12.0. The Hall–Kier alpha value is -1.20. The molecule has 0 aliphatic heterocycles. The van der Waals surface area contributed by atoms with Gasteiger partial charge in [-0.05, 0) is 30.5 Å². The minimum absolute atomic E-state index is 0.199. The number of rotatable bonds is 7. The molecule has 5 heteroatoms. The van der Waals surface area contributed by atoms with Crippen LogP contribution in [0, 0.1) is 22.0 Å². The summed E-state index contributed by atoms with van der Waals surface area (Å²) in [6.45, 7) is 10.5. The Morgan fingerprint density at radius 3 is 2.58 bits per heavy atom. The third-order valence-corrected chi connectivity index (χ3v) is 3.73. The molecule has 1 aromatic rings. The normalized spacial score (nSPS) is 12.4. The maximum atomic E-state index is 10.7. The average Bonchev–Trinajstić information content (AvgIpc) is 2.75. The molecule has 0 saturated carbocycles. The molecule has 0 aliphatic carbocycles. The number of nitrogens with zero attached hydrogens (tertiary/aromatic N) is 1. The van der Waals surface area contributed by atoms with Crippen molar-refractivity contribution in [1.82, 2.24) is 5.32 Å². The zero-order valence-corrected chi connectivity index (χ0v) is 12.8. The van der Waals surface area contributed by atoms with E-state index in [9.17, 15) is 10.1 Å². The predicted octanol–water partition coefficient (Wildman–Crippen LogP) is 3.94. The summed E-state index contributed by atoms with van der Waals surface area (Å²) in [5, 5.41) is 14.3. The Morgan fingerprint density at radius 2 is 2.11 bits per heavy atom. The summed E-state index contributed by atoms with van der Waals surface area (Å²) in [5.74, 6) is 1.05. The molecular formula is C14H22N2O2S. The van der Waals surface area contributed by atoms with Gasteiger partial charge in [0.2, 0.25) is 0 Å². The Kier molecular flexibility index (Phi) is 6.18. The van der Waals surface area contributed by atoms with E-state index in [0.29, 0.717) is 11.8 Å². The van der Waals surface area contributed by atoms with Crippen LogP contribution in [0.3, 0.4) is 0 Å². The van der Waals surface area contributed by atoms with E-state index in [0.717, 1.165) is 18.0 Å². The van der Waals surface area contributed by atoms with Gasteiger partial charge in [-0.2, -0.15) is 0 Å². The van der Waals surface area contributed by atoms with Crippen molar-refractivity contribution in [3.05, 3.63) is 32.7 Å². The topological polar surface area (TPSA) is 55.2 Å². The Morgan fingerprint density at radius 1 is 1.42 bits per heavy atom. The lowest BCUT2D eigenvalue weighted by Crippen LogP contribution is -2.23. The Labute approximate surface area is 118 Å². The highest BCUT2D eigenvalue weighted by atomic mass is 32.1. The number of nitro groups is 1. The van der Waals surface area contributed by atoms with E-state index in [4.69, 9.17) is 0 Å². The van der Waals surface area contributed by atoms with E-state index in [2.05, 4.69) is 39.1 Å². The van der Waals surface area contributed by atoms with Gasteiger partial charge in [-0.1, -0.05) is 44.6 Å². The maximum absolute atomic E-state index is 10.7. The smallest absolute Gasteiger partial charge is 0.313 e. The van der Waals surface area contributed by atoms with Crippen LogP contribution in [0.1, 0.15) is 32.6 Å². The first-order valence-corrected chi connectivity index (χ1v) is 7.37. The first-order valence-electron chi connectivity index (χ1n) is 6.55. The molecule has 0 unspecified atom stereocenters. The van der Waals surface area contributed by atoms with Gasteiger partial charge in [-0.15, -0.1) is 0 Å². The Balaban J connectivity index is 2.73. The van der Waals surface area contributed by atoms with Crippen LogP contribution in [-0.4, -0.2) is 18.0 Å². The van der Waals surface area contributed by atoms with E-state index in [-0.39, 0.29) is 9.92 Å². The third kappa shape index (κ3) is 5.53. The monoisotopic (exact) mass is 282 g/mol. The van der Waals surface area contributed by atoms with Crippen LogP contribution < -0.4 is 5.32 Å². The summed E-state index contributed by atoms with van der Waals surface area (Å²) in [6.07, 6.45) is 2.07. The highest BCUT2D eigenvalue weighted by molar-refractivity contribution is 7.16. The second-order valence-electron chi connectivity index (χ2n) is 5.33. The fourth-order valence-corrected chi connectivity index (χ4v) is 2.43. The molecule has 0 bridgehead atoms. The highest BCUT2D eigenvalue weighted by Crippen LogP contribution is 2.26. The quantitative estimate of drug-likeness (QED) is 0.608. The molecule has 0 amide bonds. The first-order chi connectivity index (χ1) is 8.90. The molecule has 0 fully saturated rings. The maximum Gasteiger partial charge on any atom is 0.324 e. The van der Waals surface area contributed by atoms with Crippen molar-refractivity contribution in [2.45, 2.75) is 27.7 Å². The molecule has 4 nitrogen and oxygen atoms in total. The lowest BCUT2D eigenvalue weighted by molar-refractivity contribution is -0.380. The van der Waals surface area contributed by atoms with Crippen molar-refractivity contribution in [3.63, 3.8) is 0 Å². The molecule has 1 rings (SSSR count).